The van der Waals surface area contributed by atoms with Gasteiger partial charge >= 0.3 is 0 Å². The second-order valence-electron chi connectivity index (χ2n) is 4.69. The molecular formula is C12H14N2O3Si. The maximum Gasteiger partial charge on any atom is 0.270 e. The van der Waals surface area contributed by atoms with Gasteiger partial charge in [0.2, 0.25) is 8.32 Å². The first-order chi connectivity index (χ1) is 8.31. The van der Waals surface area contributed by atoms with Crippen molar-refractivity contribution in [1.29, 1.82) is 5.26 Å². The molecule has 0 saturated heterocycles. The Morgan fingerprint density at radius 1 is 1.50 bits per heavy atom. The van der Waals surface area contributed by atoms with Crippen LogP contribution in [0.15, 0.2) is 30.0 Å². The Labute approximate surface area is 107 Å². The summed E-state index contributed by atoms with van der Waals surface area (Å²) >= 11 is 0. The van der Waals surface area contributed by atoms with E-state index in [1.54, 1.807) is 12.1 Å². The van der Waals surface area contributed by atoms with E-state index in [9.17, 15) is 10.1 Å². The summed E-state index contributed by atoms with van der Waals surface area (Å²) in [6.45, 7) is 5.89. The normalized spacial score (nSPS) is 11.8. The Morgan fingerprint density at radius 2 is 2.17 bits per heavy atom. The lowest BCUT2D eigenvalue weighted by atomic mass is 10.2. The highest BCUT2D eigenvalue weighted by Crippen LogP contribution is 2.17. The molecule has 0 heterocycles. The molecule has 1 rings (SSSR count). The molecule has 0 amide bonds. The zero-order valence-corrected chi connectivity index (χ0v) is 11.5. The molecule has 0 saturated carbocycles. The Bertz CT molecular complexity index is 527. The second kappa shape index (κ2) is 5.47. The number of nitro benzene ring substituents is 1. The number of benzene rings is 1. The van der Waals surface area contributed by atoms with Crippen molar-refractivity contribution in [3.05, 3.63) is 45.7 Å². The molecule has 0 aromatic heterocycles. The van der Waals surface area contributed by atoms with Crippen molar-refractivity contribution in [2.75, 3.05) is 0 Å². The van der Waals surface area contributed by atoms with Crippen molar-refractivity contribution in [2.45, 2.75) is 19.6 Å². The average Bonchev–Trinajstić information content (AvgIpc) is 2.26. The highest BCUT2D eigenvalue weighted by molar-refractivity contribution is 6.70. The molecule has 0 N–H and O–H groups in total. The Balaban J connectivity index is 3.03. The van der Waals surface area contributed by atoms with Crippen LogP contribution < -0.4 is 0 Å². The van der Waals surface area contributed by atoms with Gasteiger partial charge in [-0.2, -0.15) is 5.26 Å². The van der Waals surface area contributed by atoms with E-state index in [1.807, 2.05) is 25.7 Å². The molecule has 0 unspecified atom stereocenters. The predicted octanol–water partition coefficient (Wildman–Crippen LogP) is 3.31. The van der Waals surface area contributed by atoms with Crippen molar-refractivity contribution < 1.29 is 9.35 Å². The molecule has 18 heavy (non-hydrogen) atoms. The van der Waals surface area contributed by atoms with Crippen LogP contribution >= 0.6 is 0 Å². The predicted molar refractivity (Wildman–Crippen MR) is 71.1 cm³/mol. The Hall–Kier alpha value is -2.13. The second-order valence-corrected chi connectivity index (χ2v) is 9.12. The van der Waals surface area contributed by atoms with Crippen LogP contribution in [0.2, 0.25) is 19.6 Å². The molecule has 0 bridgehead atoms. The first-order valence-electron chi connectivity index (χ1n) is 5.37. The third kappa shape index (κ3) is 4.39. The van der Waals surface area contributed by atoms with Crippen LogP contribution in [0.1, 0.15) is 5.56 Å². The highest BCUT2D eigenvalue weighted by atomic mass is 28.4. The fourth-order valence-electron chi connectivity index (χ4n) is 1.29. The van der Waals surface area contributed by atoms with Crippen LogP contribution in [0.3, 0.4) is 0 Å². The maximum absolute atomic E-state index is 10.6. The quantitative estimate of drug-likeness (QED) is 0.274. The van der Waals surface area contributed by atoms with Gasteiger partial charge in [0.05, 0.1) is 4.92 Å². The molecule has 0 spiro atoms. The summed E-state index contributed by atoms with van der Waals surface area (Å²) in [6.07, 6.45) is 1.52. The van der Waals surface area contributed by atoms with Crippen molar-refractivity contribution in [2.24, 2.45) is 0 Å². The zero-order chi connectivity index (χ0) is 13.8. The van der Waals surface area contributed by atoms with E-state index in [2.05, 4.69) is 0 Å². The minimum absolute atomic E-state index is 0.00552. The van der Waals surface area contributed by atoms with Gasteiger partial charge in [-0.25, -0.2) is 0 Å². The third-order valence-corrected chi connectivity index (χ3v) is 2.74. The number of non-ortho nitro benzene ring substituents is 1. The monoisotopic (exact) mass is 262 g/mol. The first-order valence-corrected chi connectivity index (χ1v) is 8.78. The molecule has 94 valence electrons. The zero-order valence-electron chi connectivity index (χ0n) is 10.5. The highest BCUT2D eigenvalue weighted by Gasteiger charge is 2.17. The van der Waals surface area contributed by atoms with Crippen molar-refractivity contribution in [3.8, 4) is 6.07 Å². The van der Waals surface area contributed by atoms with Crippen LogP contribution in [0.5, 0.6) is 0 Å². The molecule has 0 atom stereocenters. The molecular weight excluding hydrogens is 248 g/mol. The van der Waals surface area contributed by atoms with E-state index < -0.39 is 13.2 Å². The fourth-order valence-corrected chi connectivity index (χ4v) is 2.06. The van der Waals surface area contributed by atoms with E-state index in [0.29, 0.717) is 5.56 Å². The van der Waals surface area contributed by atoms with E-state index in [1.165, 1.54) is 18.2 Å². The van der Waals surface area contributed by atoms with Crippen LogP contribution in [0.4, 0.5) is 5.69 Å². The fraction of sp³-hybridized carbons (Fsp3) is 0.250. The number of rotatable bonds is 4. The Morgan fingerprint density at radius 3 is 2.67 bits per heavy atom. The molecule has 1 aromatic rings. The summed E-state index contributed by atoms with van der Waals surface area (Å²) in [7, 11) is -1.86. The van der Waals surface area contributed by atoms with Gasteiger partial charge in [0, 0.05) is 12.1 Å². The maximum atomic E-state index is 10.6. The van der Waals surface area contributed by atoms with Crippen LogP contribution in [0.25, 0.3) is 6.08 Å². The number of hydrogen-bond acceptors (Lipinski definition) is 4. The summed E-state index contributed by atoms with van der Waals surface area (Å²) in [5, 5.41) is 19.6. The summed E-state index contributed by atoms with van der Waals surface area (Å²) in [5.41, 5.74) is 0.577. The molecule has 0 fully saturated rings. The van der Waals surface area contributed by atoms with Gasteiger partial charge < -0.3 is 4.43 Å². The van der Waals surface area contributed by atoms with Crippen LogP contribution in [-0.4, -0.2) is 13.2 Å². The van der Waals surface area contributed by atoms with Crippen molar-refractivity contribution >= 4 is 20.1 Å². The first kappa shape index (κ1) is 13.9. The SMILES string of the molecule is C[Si](C)(C)O/C(C#N)=C\c1cccc([N+](=O)[O-])c1. The molecule has 0 aliphatic rings. The van der Waals surface area contributed by atoms with Gasteiger partial charge in [-0.15, -0.1) is 0 Å². The number of nitriles is 1. The topological polar surface area (TPSA) is 76.2 Å². The number of nitro groups is 1. The van der Waals surface area contributed by atoms with Gasteiger partial charge in [-0.05, 0) is 31.3 Å². The number of hydrogen-bond donors (Lipinski definition) is 0. The average molecular weight is 262 g/mol. The summed E-state index contributed by atoms with van der Waals surface area (Å²) in [4.78, 5) is 10.2. The van der Waals surface area contributed by atoms with Crippen molar-refractivity contribution in [3.63, 3.8) is 0 Å². The molecule has 0 aliphatic heterocycles. The minimum Gasteiger partial charge on any atom is -0.537 e. The van der Waals surface area contributed by atoms with Gasteiger partial charge in [0.25, 0.3) is 5.69 Å². The molecule has 1 aromatic carbocycles. The van der Waals surface area contributed by atoms with Crippen molar-refractivity contribution in [1.82, 2.24) is 0 Å². The summed E-state index contributed by atoms with van der Waals surface area (Å²) in [6, 6.07) is 8.04. The van der Waals surface area contributed by atoms with Gasteiger partial charge in [0.15, 0.2) is 5.76 Å². The number of allylic oxidation sites excluding steroid dienone is 1. The lowest BCUT2D eigenvalue weighted by Gasteiger charge is -2.17. The Kier molecular flexibility index (Phi) is 4.23. The van der Waals surface area contributed by atoms with Gasteiger partial charge in [-0.1, -0.05) is 12.1 Å². The van der Waals surface area contributed by atoms with E-state index in [0.717, 1.165) is 0 Å². The van der Waals surface area contributed by atoms with Crippen LogP contribution in [0, 0.1) is 21.4 Å². The lowest BCUT2D eigenvalue weighted by Crippen LogP contribution is -2.24. The number of nitrogens with zero attached hydrogens (tertiary/aromatic N) is 2. The summed E-state index contributed by atoms with van der Waals surface area (Å²) < 4.78 is 5.56. The lowest BCUT2D eigenvalue weighted by molar-refractivity contribution is -0.384. The summed E-state index contributed by atoms with van der Waals surface area (Å²) in [5.74, 6) is 0.190. The third-order valence-electron chi connectivity index (χ3n) is 1.91. The van der Waals surface area contributed by atoms with E-state index in [4.69, 9.17) is 9.69 Å². The molecule has 0 aliphatic carbocycles. The molecule has 6 heteroatoms. The largest absolute Gasteiger partial charge is 0.537 e. The van der Waals surface area contributed by atoms with Crippen LogP contribution in [-0.2, 0) is 4.43 Å². The minimum atomic E-state index is -1.86. The van der Waals surface area contributed by atoms with Gasteiger partial charge in [0.1, 0.15) is 6.07 Å². The molecule has 0 radical (unpaired) electrons. The van der Waals surface area contributed by atoms with Gasteiger partial charge in [-0.3, -0.25) is 10.1 Å². The smallest absolute Gasteiger partial charge is 0.270 e. The van der Waals surface area contributed by atoms with E-state index in [-0.39, 0.29) is 11.4 Å². The van der Waals surface area contributed by atoms with E-state index >= 15 is 0 Å². The standard InChI is InChI=1S/C12H14N2O3Si/c1-18(2,3)17-12(9-13)8-10-5-4-6-11(7-10)14(15)16/h4-8H,1-3H3/b12-8-. The molecule has 5 nitrogen and oxygen atoms in total.